The van der Waals surface area contributed by atoms with Gasteiger partial charge in [0, 0.05) is 19.7 Å². The Balaban J connectivity index is 2.38. The van der Waals surface area contributed by atoms with Crippen molar-refractivity contribution >= 4 is 11.0 Å². The molecule has 0 atom stereocenters. The molecule has 3 rings (SSSR count). The van der Waals surface area contributed by atoms with Gasteiger partial charge in [0.05, 0.1) is 11.1 Å². The zero-order valence-electron chi connectivity index (χ0n) is 11.2. The summed E-state index contributed by atoms with van der Waals surface area (Å²) in [7, 11) is 3.08. The average molecular weight is 267 g/mol. The molecule has 100 valence electrons. The lowest BCUT2D eigenvalue weighted by atomic mass is 10.1. The van der Waals surface area contributed by atoms with Gasteiger partial charge in [0.15, 0.2) is 0 Å². The summed E-state index contributed by atoms with van der Waals surface area (Å²) in [6, 6.07) is 13.2. The highest BCUT2D eigenvalue weighted by atomic mass is 16.2. The van der Waals surface area contributed by atoms with Gasteiger partial charge in [-0.05, 0) is 12.1 Å². The first-order valence-corrected chi connectivity index (χ1v) is 6.22. The van der Waals surface area contributed by atoms with E-state index in [-0.39, 0.29) is 11.2 Å². The molecule has 0 radical (unpaired) electrons. The Hall–Kier alpha value is -2.69. The van der Waals surface area contributed by atoms with Gasteiger partial charge >= 0.3 is 5.69 Å². The third-order valence-corrected chi connectivity index (χ3v) is 3.37. The van der Waals surface area contributed by atoms with Crippen molar-refractivity contribution in [1.29, 1.82) is 0 Å². The first-order chi connectivity index (χ1) is 9.59. The summed E-state index contributed by atoms with van der Waals surface area (Å²) < 4.78 is 2.48. The molecule has 3 aromatic rings. The second kappa shape index (κ2) is 4.45. The number of hydrogen-bond donors (Lipinski definition) is 0. The molecule has 1 aromatic carbocycles. The van der Waals surface area contributed by atoms with Gasteiger partial charge in [-0.15, -0.1) is 0 Å². The first kappa shape index (κ1) is 12.3. The molecule has 2 heterocycles. The van der Waals surface area contributed by atoms with Crippen LogP contribution in [-0.2, 0) is 14.1 Å². The van der Waals surface area contributed by atoms with Gasteiger partial charge in [0.25, 0.3) is 5.56 Å². The van der Waals surface area contributed by atoms with Crippen molar-refractivity contribution in [1.82, 2.24) is 14.1 Å². The minimum absolute atomic E-state index is 0.324. The van der Waals surface area contributed by atoms with E-state index in [1.165, 1.54) is 11.6 Å². The summed E-state index contributed by atoms with van der Waals surface area (Å²) in [5.74, 6) is 0. The minimum atomic E-state index is -0.375. The Kier molecular flexibility index (Phi) is 2.75. The van der Waals surface area contributed by atoms with E-state index in [1.54, 1.807) is 19.2 Å². The van der Waals surface area contributed by atoms with Crippen molar-refractivity contribution in [3.63, 3.8) is 0 Å². The molecule has 0 fully saturated rings. The Bertz CT molecular complexity index is 908. The summed E-state index contributed by atoms with van der Waals surface area (Å²) in [4.78, 5) is 28.5. The maximum Gasteiger partial charge on any atom is 0.332 e. The van der Waals surface area contributed by atoms with Crippen molar-refractivity contribution in [2.45, 2.75) is 0 Å². The Morgan fingerprint density at radius 1 is 0.900 bits per heavy atom. The van der Waals surface area contributed by atoms with Crippen LogP contribution >= 0.6 is 0 Å². The van der Waals surface area contributed by atoms with E-state index in [0.29, 0.717) is 11.0 Å². The SMILES string of the molecule is Cn1c(=O)c2ccc(-c3ccccc3)nc2n(C)c1=O. The lowest BCUT2D eigenvalue weighted by molar-refractivity contribution is 0.708. The molecule has 2 aromatic heterocycles. The average Bonchev–Trinajstić information content (AvgIpc) is 2.51. The van der Waals surface area contributed by atoms with Crippen molar-refractivity contribution < 1.29 is 0 Å². The van der Waals surface area contributed by atoms with Crippen LogP contribution in [0.5, 0.6) is 0 Å². The number of rotatable bonds is 1. The fourth-order valence-corrected chi connectivity index (χ4v) is 2.22. The molecule has 0 saturated heterocycles. The van der Waals surface area contributed by atoms with Crippen LogP contribution in [0.4, 0.5) is 0 Å². The smallest absolute Gasteiger partial charge is 0.280 e. The van der Waals surface area contributed by atoms with Crippen LogP contribution in [0.3, 0.4) is 0 Å². The van der Waals surface area contributed by atoms with Gasteiger partial charge in [-0.25, -0.2) is 9.78 Å². The molecule has 0 aliphatic heterocycles. The van der Waals surface area contributed by atoms with Crippen LogP contribution in [0.2, 0.25) is 0 Å². The lowest BCUT2D eigenvalue weighted by Gasteiger charge is -2.08. The summed E-state index contributed by atoms with van der Waals surface area (Å²) in [6.45, 7) is 0. The number of hydrogen-bond acceptors (Lipinski definition) is 3. The van der Waals surface area contributed by atoms with Gasteiger partial charge in [0.1, 0.15) is 5.65 Å². The van der Waals surface area contributed by atoms with E-state index in [2.05, 4.69) is 4.98 Å². The Morgan fingerprint density at radius 2 is 1.60 bits per heavy atom. The van der Waals surface area contributed by atoms with Crippen molar-refractivity contribution in [3.8, 4) is 11.3 Å². The number of aryl methyl sites for hydroxylation is 1. The van der Waals surface area contributed by atoms with Crippen LogP contribution < -0.4 is 11.2 Å². The van der Waals surface area contributed by atoms with Crippen LogP contribution in [0.15, 0.2) is 52.1 Å². The fraction of sp³-hybridized carbons (Fsp3) is 0.133. The molecule has 0 spiro atoms. The predicted octanol–water partition coefficient (Wildman–Crippen LogP) is 1.30. The molecule has 0 unspecified atom stereocenters. The van der Waals surface area contributed by atoms with Gasteiger partial charge < -0.3 is 0 Å². The van der Waals surface area contributed by atoms with E-state index >= 15 is 0 Å². The topological polar surface area (TPSA) is 56.9 Å². The first-order valence-electron chi connectivity index (χ1n) is 6.22. The lowest BCUT2D eigenvalue weighted by Crippen LogP contribution is -2.37. The van der Waals surface area contributed by atoms with Crippen LogP contribution in [0.25, 0.3) is 22.3 Å². The maximum atomic E-state index is 12.1. The summed E-state index contributed by atoms with van der Waals surface area (Å²) in [5.41, 5.74) is 1.39. The number of pyridine rings is 1. The summed E-state index contributed by atoms with van der Waals surface area (Å²) >= 11 is 0. The monoisotopic (exact) mass is 267 g/mol. The molecular weight excluding hydrogens is 254 g/mol. The van der Waals surface area contributed by atoms with Gasteiger partial charge in [-0.1, -0.05) is 30.3 Å². The molecule has 5 heteroatoms. The molecule has 0 aliphatic rings. The second-order valence-corrected chi connectivity index (χ2v) is 4.64. The van der Waals surface area contributed by atoms with E-state index in [4.69, 9.17) is 0 Å². The third kappa shape index (κ3) is 1.75. The van der Waals surface area contributed by atoms with Crippen LogP contribution in [-0.4, -0.2) is 14.1 Å². The zero-order valence-corrected chi connectivity index (χ0v) is 11.2. The van der Waals surface area contributed by atoms with Crippen LogP contribution in [0.1, 0.15) is 0 Å². The van der Waals surface area contributed by atoms with Crippen molar-refractivity contribution in [3.05, 3.63) is 63.3 Å². The van der Waals surface area contributed by atoms with Gasteiger partial charge in [-0.2, -0.15) is 0 Å². The minimum Gasteiger partial charge on any atom is -0.280 e. The number of benzene rings is 1. The number of aromatic nitrogens is 3. The number of fused-ring (bicyclic) bond motifs is 1. The number of nitrogens with zero attached hydrogens (tertiary/aromatic N) is 3. The van der Waals surface area contributed by atoms with E-state index in [0.717, 1.165) is 15.8 Å². The summed E-state index contributed by atoms with van der Waals surface area (Å²) in [6.07, 6.45) is 0. The molecular formula is C15H13N3O2. The molecule has 0 aliphatic carbocycles. The molecule has 20 heavy (non-hydrogen) atoms. The summed E-state index contributed by atoms with van der Waals surface area (Å²) in [5, 5.41) is 0.439. The molecule has 5 nitrogen and oxygen atoms in total. The van der Waals surface area contributed by atoms with Crippen molar-refractivity contribution in [2.75, 3.05) is 0 Å². The molecule has 0 amide bonds. The van der Waals surface area contributed by atoms with Crippen molar-refractivity contribution in [2.24, 2.45) is 14.1 Å². The predicted molar refractivity (Wildman–Crippen MR) is 77.7 cm³/mol. The highest BCUT2D eigenvalue weighted by Gasteiger charge is 2.10. The highest BCUT2D eigenvalue weighted by molar-refractivity contribution is 5.77. The van der Waals surface area contributed by atoms with Crippen LogP contribution in [0, 0.1) is 0 Å². The van der Waals surface area contributed by atoms with E-state index in [9.17, 15) is 9.59 Å². The molecule has 0 bridgehead atoms. The Labute approximate surface area is 114 Å². The Morgan fingerprint density at radius 3 is 2.30 bits per heavy atom. The zero-order chi connectivity index (χ0) is 14.3. The second-order valence-electron chi connectivity index (χ2n) is 4.64. The highest BCUT2D eigenvalue weighted by Crippen LogP contribution is 2.18. The van der Waals surface area contributed by atoms with Gasteiger partial charge in [-0.3, -0.25) is 13.9 Å². The van der Waals surface area contributed by atoms with Gasteiger partial charge in [0.2, 0.25) is 0 Å². The van der Waals surface area contributed by atoms with E-state index < -0.39 is 0 Å². The third-order valence-electron chi connectivity index (χ3n) is 3.37. The maximum absolute atomic E-state index is 12.1. The fourth-order valence-electron chi connectivity index (χ4n) is 2.22. The quantitative estimate of drug-likeness (QED) is 0.667. The molecule has 0 N–H and O–H groups in total. The van der Waals surface area contributed by atoms with E-state index in [1.807, 2.05) is 30.3 Å². The standard InChI is InChI=1S/C15H13N3O2/c1-17-13-11(14(19)18(2)15(17)20)8-9-12(16-13)10-6-4-3-5-7-10/h3-9H,1-2H3. The largest absolute Gasteiger partial charge is 0.332 e. The molecule has 0 saturated carbocycles. The normalized spacial score (nSPS) is 10.9.